The summed E-state index contributed by atoms with van der Waals surface area (Å²) in [5.41, 5.74) is 4.99. The highest BCUT2D eigenvalue weighted by atomic mass is 32.2. The summed E-state index contributed by atoms with van der Waals surface area (Å²) < 4.78 is 5.29. The molecule has 2 atom stereocenters. The van der Waals surface area contributed by atoms with Crippen LogP contribution in [-0.2, 0) is 19.1 Å². The summed E-state index contributed by atoms with van der Waals surface area (Å²) in [5, 5.41) is 5.67. The molecular weight excluding hydrogens is 520 g/mol. The lowest BCUT2D eigenvalue weighted by Crippen LogP contribution is -2.37. The van der Waals surface area contributed by atoms with Crippen LogP contribution in [0.1, 0.15) is 49.8 Å². The molecule has 2 aliphatic rings. The molecule has 1 aromatic carbocycles. The SMILES string of the molecule is O=C(C[C@]1(c2ccc(-c3cccc(NC(=O)Nc4cccnc4)c3)s2)CCCCS1)NOC1CCCCO1. The number of nitrogens with one attached hydrogen (secondary N) is 3. The van der Waals surface area contributed by atoms with Gasteiger partial charge in [0.15, 0.2) is 6.29 Å². The van der Waals surface area contributed by atoms with E-state index in [1.165, 1.54) is 4.88 Å². The number of anilines is 2. The van der Waals surface area contributed by atoms with Gasteiger partial charge in [-0.1, -0.05) is 18.6 Å². The minimum Gasteiger partial charge on any atom is -0.350 e. The zero-order chi connectivity index (χ0) is 26.2. The van der Waals surface area contributed by atoms with Crippen LogP contribution in [0.5, 0.6) is 0 Å². The molecule has 0 radical (unpaired) electrons. The van der Waals surface area contributed by atoms with E-state index in [-0.39, 0.29) is 23.0 Å². The quantitative estimate of drug-likeness (QED) is 0.275. The van der Waals surface area contributed by atoms with Crippen LogP contribution in [0.4, 0.5) is 16.2 Å². The second-order valence-electron chi connectivity index (χ2n) is 9.48. The fourth-order valence-corrected chi connectivity index (χ4v) is 7.61. The number of carbonyl (C=O) groups is 2. The van der Waals surface area contributed by atoms with Crippen molar-refractivity contribution in [2.75, 3.05) is 23.0 Å². The van der Waals surface area contributed by atoms with Gasteiger partial charge in [0.25, 0.3) is 0 Å². The number of amides is 3. The number of thiophene rings is 1. The molecule has 2 fully saturated rings. The first-order valence-electron chi connectivity index (χ1n) is 13.0. The minimum atomic E-state index is -0.358. The van der Waals surface area contributed by atoms with Crippen molar-refractivity contribution in [1.29, 1.82) is 0 Å². The summed E-state index contributed by atoms with van der Waals surface area (Å²) in [6.45, 7) is 0.671. The summed E-state index contributed by atoms with van der Waals surface area (Å²) in [6.07, 6.45) is 9.33. The van der Waals surface area contributed by atoms with Gasteiger partial charge in [-0.05, 0) is 73.4 Å². The van der Waals surface area contributed by atoms with Crippen LogP contribution >= 0.6 is 23.1 Å². The van der Waals surface area contributed by atoms with Crippen molar-refractivity contribution < 1.29 is 19.2 Å². The van der Waals surface area contributed by atoms with E-state index in [4.69, 9.17) is 9.57 Å². The summed E-state index contributed by atoms with van der Waals surface area (Å²) in [5.74, 6) is 0.910. The lowest BCUT2D eigenvalue weighted by Gasteiger charge is -2.35. The van der Waals surface area contributed by atoms with Gasteiger partial charge in [-0.2, -0.15) is 0 Å². The van der Waals surface area contributed by atoms with Gasteiger partial charge in [0.1, 0.15) is 0 Å². The normalized spacial score (nSPS) is 21.4. The van der Waals surface area contributed by atoms with Crippen molar-refractivity contribution in [2.45, 2.75) is 56.0 Å². The standard InChI is InChI=1S/C28H32N4O4S2/c33-25(32-36-26-10-1-3-15-35-26)18-28(13-2-4-16-37-28)24-12-11-23(38-24)20-7-5-8-21(17-20)30-27(34)31-22-9-6-14-29-19-22/h5-9,11-12,14,17,19,26H,1-4,10,13,15-16,18H2,(H,32,33)(H2,30,31,34)/t26?,28-/m0/s1. The van der Waals surface area contributed by atoms with Gasteiger partial charge in [0.05, 0.1) is 16.6 Å². The van der Waals surface area contributed by atoms with E-state index in [1.807, 2.05) is 36.0 Å². The average molecular weight is 553 g/mol. The smallest absolute Gasteiger partial charge is 0.323 e. The number of hydroxylamine groups is 1. The Balaban J connectivity index is 1.26. The first-order valence-corrected chi connectivity index (χ1v) is 14.8. The Labute approximate surface area is 230 Å². The maximum Gasteiger partial charge on any atom is 0.323 e. The maximum absolute atomic E-state index is 12.9. The van der Waals surface area contributed by atoms with Gasteiger partial charge >= 0.3 is 6.03 Å². The van der Waals surface area contributed by atoms with Crippen LogP contribution in [0.2, 0.25) is 0 Å². The van der Waals surface area contributed by atoms with Gasteiger partial charge in [-0.25, -0.2) is 15.1 Å². The zero-order valence-corrected chi connectivity index (χ0v) is 22.7. The van der Waals surface area contributed by atoms with Gasteiger partial charge in [-0.15, -0.1) is 23.1 Å². The molecule has 2 aromatic heterocycles. The molecule has 0 aliphatic carbocycles. The van der Waals surface area contributed by atoms with E-state index in [2.05, 4.69) is 33.2 Å². The molecule has 1 unspecified atom stereocenters. The molecule has 0 saturated carbocycles. The highest BCUT2D eigenvalue weighted by Crippen LogP contribution is 2.51. The van der Waals surface area contributed by atoms with Gasteiger partial charge in [0, 0.05) is 41.1 Å². The summed E-state index contributed by atoms with van der Waals surface area (Å²) in [4.78, 5) is 37.2. The molecule has 5 rings (SSSR count). The largest absolute Gasteiger partial charge is 0.350 e. The van der Waals surface area contributed by atoms with Crippen LogP contribution in [0, 0.1) is 0 Å². The molecule has 38 heavy (non-hydrogen) atoms. The lowest BCUT2D eigenvalue weighted by molar-refractivity contribution is -0.200. The number of pyridine rings is 1. The van der Waals surface area contributed by atoms with Crippen molar-refractivity contribution in [3.63, 3.8) is 0 Å². The highest BCUT2D eigenvalue weighted by Gasteiger charge is 2.38. The van der Waals surface area contributed by atoms with Crippen LogP contribution < -0.4 is 16.1 Å². The molecule has 4 heterocycles. The first kappa shape index (κ1) is 26.7. The molecule has 0 bridgehead atoms. The Morgan fingerprint density at radius 3 is 2.74 bits per heavy atom. The number of hydrogen-bond acceptors (Lipinski definition) is 7. The fraction of sp³-hybridized carbons (Fsp3) is 0.393. The second-order valence-corrected chi connectivity index (χ2v) is 12.0. The van der Waals surface area contributed by atoms with Crippen molar-refractivity contribution in [3.05, 3.63) is 65.8 Å². The fourth-order valence-electron chi connectivity index (χ4n) is 4.72. The molecule has 3 aromatic rings. The third-order valence-corrected chi connectivity index (χ3v) is 9.70. The lowest BCUT2D eigenvalue weighted by atomic mass is 9.94. The number of ether oxygens (including phenoxy) is 1. The van der Waals surface area contributed by atoms with E-state index in [0.29, 0.717) is 24.4 Å². The Bertz CT molecular complexity index is 1220. The van der Waals surface area contributed by atoms with E-state index < -0.39 is 0 Å². The first-order chi connectivity index (χ1) is 18.6. The van der Waals surface area contributed by atoms with Crippen LogP contribution in [-0.4, -0.2) is 35.6 Å². The predicted octanol–water partition coefficient (Wildman–Crippen LogP) is 6.53. The number of hydrogen-bond donors (Lipinski definition) is 3. The molecule has 8 nitrogen and oxygen atoms in total. The monoisotopic (exact) mass is 552 g/mol. The van der Waals surface area contributed by atoms with Crippen molar-refractivity contribution in [3.8, 4) is 10.4 Å². The van der Waals surface area contributed by atoms with E-state index in [9.17, 15) is 9.59 Å². The number of carbonyl (C=O) groups excluding carboxylic acids is 2. The van der Waals surface area contributed by atoms with E-state index in [1.54, 1.807) is 35.9 Å². The van der Waals surface area contributed by atoms with Crippen molar-refractivity contribution in [1.82, 2.24) is 10.5 Å². The molecule has 2 saturated heterocycles. The van der Waals surface area contributed by atoms with Gasteiger partial charge in [-0.3, -0.25) is 9.78 Å². The van der Waals surface area contributed by atoms with Gasteiger partial charge < -0.3 is 15.4 Å². The summed E-state index contributed by atoms with van der Waals surface area (Å²) in [7, 11) is 0. The van der Waals surface area contributed by atoms with E-state index >= 15 is 0 Å². The Kier molecular flexibility index (Phi) is 8.95. The number of nitrogens with zero attached hydrogens (tertiary/aromatic N) is 1. The molecule has 3 N–H and O–H groups in total. The number of urea groups is 1. The zero-order valence-electron chi connectivity index (χ0n) is 21.1. The molecule has 2 aliphatic heterocycles. The topological polar surface area (TPSA) is 102 Å². The Morgan fingerprint density at radius 2 is 1.95 bits per heavy atom. The van der Waals surface area contributed by atoms with E-state index in [0.717, 1.165) is 54.7 Å². The second kappa shape index (κ2) is 12.8. The molecular formula is C28H32N4O4S2. The molecule has 10 heteroatoms. The third-order valence-electron chi connectivity index (χ3n) is 6.62. The number of aromatic nitrogens is 1. The van der Waals surface area contributed by atoms with Crippen molar-refractivity contribution in [2.24, 2.45) is 0 Å². The van der Waals surface area contributed by atoms with Crippen molar-refractivity contribution >= 4 is 46.4 Å². The predicted molar refractivity (Wildman–Crippen MR) is 152 cm³/mol. The maximum atomic E-state index is 12.9. The third kappa shape index (κ3) is 6.93. The summed E-state index contributed by atoms with van der Waals surface area (Å²) >= 11 is 3.57. The molecule has 200 valence electrons. The average Bonchev–Trinajstić information content (AvgIpc) is 3.45. The summed E-state index contributed by atoms with van der Waals surface area (Å²) in [6, 6.07) is 15.3. The minimum absolute atomic E-state index is 0.116. The van der Waals surface area contributed by atoms with Crippen LogP contribution in [0.25, 0.3) is 10.4 Å². The Morgan fingerprint density at radius 1 is 1.05 bits per heavy atom. The molecule has 3 amide bonds. The van der Waals surface area contributed by atoms with Crippen LogP contribution in [0.3, 0.4) is 0 Å². The number of thioether (sulfide) groups is 1. The van der Waals surface area contributed by atoms with Gasteiger partial charge in [0.2, 0.25) is 5.91 Å². The Hall–Kier alpha value is -2.92. The molecule has 0 spiro atoms. The number of benzene rings is 1. The van der Waals surface area contributed by atoms with Crippen LogP contribution in [0.15, 0.2) is 60.9 Å². The number of rotatable bonds is 8. The highest BCUT2D eigenvalue weighted by molar-refractivity contribution is 8.00.